The molecule has 0 spiro atoms. The summed E-state index contributed by atoms with van der Waals surface area (Å²) in [5, 5.41) is 11.5. The van der Waals surface area contributed by atoms with Crippen LogP contribution in [-0.4, -0.2) is 24.3 Å². The van der Waals surface area contributed by atoms with E-state index < -0.39 is 0 Å². The van der Waals surface area contributed by atoms with Crippen molar-refractivity contribution in [2.24, 2.45) is 0 Å². The van der Waals surface area contributed by atoms with Crippen molar-refractivity contribution in [3.8, 4) is 11.8 Å². The van der Waals surface area contributed by atoms with Gasteiger partial charge in [0.15, 0.2) is 0 Å². The van der Waals surface area contributed by atoms with E-state index in [2.05, 4.69) is 17.2 Å². The highest BCUT2D eigenvalue weighted by Crippen LogP contribution is 2.02. The van der Waals surface area contributed by atoms with E-state index >= 15 is 0 Å². The molecule has 0 aliphatic carbocycles. The van der Waals surface area contributed by atoms with Gasteiger partial charge >= 0.3 is 0 Å². The minimum absolute atomic E-state index is 0.0157. The Morgan fingerprint density at radius 2 is 2.56 bits per heavy atom. The molecule has 0 amide bonds. The van der Waals surface area contributed by atoms with E-state index in [1.165, 1.54) is 6.42 Å². The number of nitrogens with one attached hydrogen (secondary N) is 1. The van der Waals surface area contributed by atoms with E-state index in [0.29, 0.717) is 6.04 Å². The van der Waals surface area contributed by atoms with Crippen molar-refractivity contribution in [3.63, 3.8) is 0 Å². The third kappa shape index (κ3) is 2.05. The first kappa shape index (κ1) is 6.60. The molecule has 1 heterocycles. The average molecular weight is 125 g/mol. The molecule has 2 heteroatoms. The highest BCUT2D eigenvalue weighted by molar-refractivity contribution is 5.09. The van der Waals surface area contributed by atoms with E-state index in [1.807, 2.05) is 0 Å². The largest absolute Gasteiger partial charge is 0.384 e. The Hall–Kier alpha value is -0.520. The van der Waals surface area contributed by atoms with Crippen LogP contribution in [0.4, 0.5) is 0 Å². The zero-order valence-corrected chi connectivity index (χ0v) is 5.35. The molecule has 0 aromatic rings. The predicted octanol–water partition coefficient (Wildman–Crippen LogP) is -0.266. The Labute approximate surface area is 55.3 Å². The van der Waals surface area contributed by atoms with E-state index in [0.717, 1.165) is 13.0 Å². The maximum Gasteiger partial charge on any atom is 0.104 e. The minimum atomic E-state index is -0.0157. The fourth-order valence-corrected chi connectivity index (χ4v) is 0.977. The summed E-state index contributed by atoms with van der Waals surface area (Å²) in [5.41, 5.74) is 0. The van der Waals surface area contributed by atoms with Crippen molar-refractivity contribution < 1.29 is 5.11 Å². The summed E-state index contributed by atoms with van der Waals surface area (Å²) in [6, 6.07) is 0.345. The summed E-state index contributed by atoms with van der Waals surface area (Å²) >= 11 is 0. The third-order valence-electron chi connectivity index (χ3n) is 1.42. The molecule has 1 atom stereocenters. The topological polar surface area (TPSA) is 32.3 Å². The summed E-state index contributed by atoms with van der Waals surface area (Å²) in [6.45, 7) is 1.06. The molecule has 1 aliphatic heterocycles. The SMILES string of the molecule is OCC#CC1CCCN1. The normalized spacial score (nSPS) is 25.2. The van der Waals surface area contributed by atoms with Crippen molar-refractivity contribution in [3.05, 3.63) is 0 Å². The second kappa shape index (κ2) is 3.49. The van der Waals surface area contributed by atoms with E-state index in [4.69, 9.17) is 5.11 Å². The molecule has 0 saturated carbocycles. The molecule has 9 heavy (non-hydrogen) atoms. The van der Waals surface area contributed by atoms with Crippen LogP contribution in [0, 0.1) is 11.8 Å². The first-order valence-corrected chi connectivity index (χ1v) is 3.26. The van der Waals surface area contributed by atoms with Crippen molar-refractivity contribution in [2.75, 3.05) is 13.2 Å². The Morgan fingerprint density at radius 3 is 3.11 bits per heavy atom. The fourth-order valence-electron chi connectivity index (χ4n) is 0.977. The van der Waals surface area contributed by atoms with Gasteiger partial charge in [0, 0.05) is 0 Å². The van der Waals surface area contributed by atoms with Gasteiger partial charge in [-0.15, -0.1) is 0 Å². The molecule has 0 aromatic heterocycles. The summed E-state index contributed by atoms with van der Waals surface area (Å²) < 4.78 is 0. The Kier molecular flexibility index (Phi) is 2.56. The van der Waals surface area contributed by atoms with Gasteiger partial charge in [0.25, 0.3) is 0 Å². The van der Waals surface area contributed by atoms with E-state index in [1.54, 1.807) is 0 Å². The Morgan fingerprint density at radius 1 is 1.67 bits per heavy atom. The predicted molar refractivity (Wildman–Crippen MR) is 35.9 cm³/mol. The molecule has 0 bridgehead atoms. The number of hydrogen-bond donors (Lipinski definition) is 2. The lowest BCUT2D eigenvalue weighted by molar-refractivity contribution is 0.350. The van der Waals surface area contributed by atoms with Crippen LogP contribution >= 0.6 is 0 Å². The molecular formula is C7H11NO. The van der Waals surface area contributed by atoms with Gasteiger partial charge in [0.05, 0.1) is 6.04 Å². The highest BCUT2D eigenvalue weighted by Gasteiger charge is 2.09. The lowest BCUT2D eigenvalue weighted by Gasteiger charge is -1.96. The highest BCUT2D eigenvalue weighted by atomic mass is 16.2. The maximum absolute atomic E-state index is 8.33. The monoisotopic (exact) mass is 125 g/mol. The lowest BCUT2D eigenvalue weighted by atomic mass is 10.2. The second-order valence-electron chi connectivity index (χ2n) is 2.13. The number of rotatable bonds is 0. The van der Waals surface area contributed by atoms with Gasteiger partial charge < -0.3 is 10.4 Å². The van der Waals surface area contributed by atoms with Gasteiger partial charge in [0.1, 0.15) is 6.61 Å². The lowest BCUT2D eigenvalue weighted by Crippen LogP contribution is -2.18. The first-order valence-electron chi connectivity index (χ1n) is 3.26. The van der Waals surface area contributed by atoms with Gasteiger partial charge in [-0.1, -0.05) is 11.8 Å². The summed E-state index contributed by atoms with van der Waals surface area (Å²) in [5.74, 6) is 5.55. The summed E-state index contributed by atoms with van der Waals surface area (Å²) in [6.07, 6.45) is 2.35. The number of aliphatic hydroxyl groups excluding tert-OH is 1. The van der Waals surface area contributed by atoms with Crippen LogP contribution in [0.5, 0.6) is 0 Å². The average Bonchev–Trinajstić information content (AvgIpc) is 2.34. The van der Waals surface area contributed by atoms with Crippen LogP contribution in [0.2, 0.25) is 0 Å². The molecular weight excluding hydrogens is 114 g/mol. The maximum atomic E-state index is 8.33. The van der Waals surface area contributed by atoms with Crippen molar-refractivity contribution in [1.29, 1.82) is 0 Å². The second-order valence-corrected chi connectivity index (χ2v) is 2.13. The molecule has 1 saturated heterocycles. The van der Waals surface area contributed by atoms with Gasteiger partial charge in [-0.3, -0.25) is 0 Å². The standard InChI is InChI=1S/C7H11NO/c9-6-2-4-7-3-1-5-8-7/h7-9H,1,3,5-6H2. The van der Waals surface area contributed by atoms with Crippen LogP contribution in [-0.2, 0) is 0 Å². The van der Waals surface area contributed by atoms with Gasteiger partial charge in [-0.25, -0.2) is 0 Å². The third-order valence-corrected chi connectivity index (χ3v) is 1.42. The Balaban J connectivity index is 2.26. The Bertz CT molecular complexity index is 128. The van der Waals surface area contributed by atoms with Crippen LogP contribution < -0.4 is 5.32 Å². The molecule has 1 fully saturated rings. The van der Waals surface area contributed by atoms with Crippen LogP contribution in [0.3, 0.4) is 0 Å². The molecule has 50 valence electrons. The van der Waals surface area contributed by atoms with Gasteiger partial charge in [0.2, 0.25) is 0 Å². The fraction of sp³-hybridized carbons (Fsp3) is 0.714. The number of hydrogen-bond acceptors (Lipinski definition) is 2. The minimum Gasteiger partial charge on any atom is -0.384 e. The summed E-state index contributed by atoms with van der Waals surface area (Å²) in [4.78, 5) is 0. The molecule has 1 aliphatic rings. The van der Waals surface area contributed by atoms with Crippen LogP contribution in [0.25, 0.3) is 0 Å². The summed E-state index contributed by atoms with van der Waals surface area (Å²) in [7, 11) is 0. The number of aliphatic hydroxyl groups is 1. The zero-order valence-electron chi connectivity index (χ0n) is 5.35. The smallest absolute Gasteiger partial charge is 0.104 e. The van der Waals surface area contributed by atoms with E-state index in [-0.39, 0.29) is 6.61 Å². The van der Waals surface area contributed by atoms with Crippen molar-refractivity contribution in [1.82, 2.24) is 5.32 Å². The van der Waals surface area contributed by atoms with Gasteiger partial charge in [-0.2, -0.15) is 0 Å². The molecule has 1 unspecified atom stereocenters. The van der Waals surface area contributed by atoms with Crippen molar-refractivity contribution in [2.45, 2.75) is 18.9 Å². The molecule has 2 nitrogen and oxygen atoms in total. The quantitative estimate of drug-likeness (QED) is 0.437. The molecule has 2 N–H and O–H groups in total. The molecule has 1 rings (SSSR count). The van der Waals surface area contributed by atoms with Crippen LogP contribution in [0.1, 0.15) is 12.8 Å². The first-order chi connectivity index (χ1) is 4.43. The van der Waals surface area contributed by atoms with Gasteiger partial charge in [-0.05, 0) is 19.4 Å². The molecule has 0 aromatic carbocycles. The molecule has 0 radical (unpaired) electrons. The zero-order chi connectivity index (χ0) is 6.53. The van der Waals surface area contributed by atoms with Crippen LogP contribution in [0.15, 0.2) is 0 Å². The van der Waals surface area contributed by atoms with E-state index in [9.17, 15) is 0 Å². The van der Waals surface area contributed by atoms with Crippen molar-refractivity contribution >= 4 is 0 Å².